The van der Waals surface area contributed by atoms with E-state index in [9.17, 15) is 4.79 Å². The number of pyridine rings is 1. The molecule has 0 fully saturated rings. The molecule has 38 heavy (non-hydrogen) atoms. The second kappa shape index (κ2) is 13.3. The first-order chi connectivity index (χ1) is 18.5. The van der Waals surface area contributed by atoms with E-state index in [0.29, 0.717) is 5.92 Å². The van der Waals surface area contributed by atoms with Gasteiger partial charge in [-0.25, -0.2) is 0 Å². The van der Waals surface area contributed by atoms with E-state index >= 15 is 0 Å². The van der Waals surface area contributed by atoms with E-state index in [-0.39, 0.29) is 5.91 Å². The summed E-state index contributed by atoms with van der Waals surface area (Å²) in [4.78, 5) is 21.0. The first-order valence-electron chi connectivity index (χ1n) is 13.3. The quantitative estimate of drug-likeness (QED) is 0.189. The van der Waals surface area contributed by atoms with Crippen molar-refractivity contribution in [1.29, 1.82) is 0 Å². The highest BCUT2D eigenvalue weighted by Crippen LogP contribution is 2.31. The van der Waals surface area contributed by atoms with Crippen molar-refractivity contribution in [2.45, 2.75) is 50.8 Å². The summed E-state index contributed by atoms with van der Waals surface area (Å²) in [5.74, 6) is 1.39. The maximum atomic E-state index is 13.4. The molecule has 198 valence electrons. The van der Waals surface area contributed by atoms with Crippen molar-refractivity contribution >= 4 is 34.4 Å². The smallest absolute Gasteiger partial charge is 0.253 e. The Bertz CT molecular complexity index is 1370. The summed E-state index contributed by atoms with van der Waals surface area (Å²) in [6.45, 7) is 7.89. The molecule has 3 aromatic carbocycles. The Balaban J connectivity index is 1.38. The maximum absolute atomic E-state index is 13.4. The van der Waals surface area contributed by atoms with Gasteiger partial charge in [-0.15, -0.1) is 0 Å². The van der Waals surface area contributed by atoms with E-state index in [0.717, 1.165) is 70.7 Å². The minimum absolute atomic E-state index is 0.0948. The van der Waals surface area contributed by atoms with Gasteiger partial charge in [-0.3, -0.25) is 9.78 Å². The fourth-order valence-electron chi connectivity index (χ4n) is 4.76. The standard InChI is InChI=1S/C32H37N3O2S/c1-5-20-35(21-10-11-23(2)27-14-6-7-15-29(27)37-4)32(36)26-17-18-28(24(3)22-26)34-38-30-16-8-12-25-13-9-19-33-31(25)30/h6-9,12-19,22-23,34H,5,10-11,20-21H2,1-4H3. The molecule has 0 aliphatic heterocycles. The summed E-state index contributed by atoms with van der Waals surface area (Å²) in [5, 5.41) is 1.12. The Morgan fingerprint density at radius 1 is 1.05 bits per heavy atom. The third-order valence-electron chi connectivity index (χ3n) is 6.86. The predicted octanol–water partition coefficient (Wildman–Crippen LogP) is 8.11. The van der Waals surface area contributed by atoms with Crippen LogP contribution in [0.4, 0.5) is 5.69 Å². The Morgan fingerprint density at radius 2 is 1.87 bits per heavy atom. The Morgan fingerprint density at radius 3 is 2.66 bits per heavy atom. The van der Waals surface area contributed by atoms with Crippen molar-refractivity contribution in [1.82, 2.24) is 9.88 Å². The van der Waals surface area contributed by atoms with Crippen LogP contribution in [0.1, 0.15) is 60.5 Å². The molecular weight excluding hydrogens is 490 g/mol. The van der Waals surface area contributed by atoms with Crippen LogP contribution in [0.3, 0.4) is 0 Å². The number of methoxy groups -OCH3 is 1. The zero-order valence-corrected chi connectivity index (χ0v) is 23.6. The molecule has 0 saturated carbocycles. The van der Waals surface area contributed by atoms with Crippen LogP contribution >= 0.6 is 11.9 Å². The predicted molar refractivity (Wildman–Crippen MR) is 159 cm³/mol. The van der Waals surface area contributed by atoms with Crippen molar-refractivity contribution in [2.75, 3.05) is 24.9 Å². The molecule has 1 atom stereocenters. The molecule has 1 aromatic heterocycles. The van der Waals surface area contributed by atoms with Gasteiger partial charge in [-0.1, -0.05) is 50.2 Å². The van der Waals surface area contributed by atoms with Gasteiger partial charge in [0, 0.05) is 35.9 Å². The lowest BCUT2D eigenvalue weighted by Crippen LogP contribution is -2.33. The number of carbonyl (C=O) groups is 1. The zero-order chi connectivity index (χ0) is 26.9. The SMILES string of the molecule is CCCN(CCCC(C)c1ccccc1OC)C(=O)c1ccc(NSc2cccc3cccnc23)c(C)c1. The molecule has 0 aliphatic carbocycles. The molecule has 0 aliphatic rings. The summed E-state index contributed by atoms with van der Waals surface area (Å²) in [7, 11) is 1.72. The van der Waals surface area contributed by atoms with Gasteiger partial charge in [0.1, 0.15) is 5.75 Å². The van der Waals surface area contributed by atoms with Crippen LogP contribution in [0, 0.1) is 6.92 Å². The second-order valence-corrected chi connectivity index (χ2v) is 10.5. The Kier molecular flexibility index (Phi) is 9.66. The summed E-state index contributed by atoms with van der Waals surface area (Å²) in [5.41, 5.74) is 4.97. The first-order valence-corrected chi connectivity index (χ1v) is 14.1. The van der Waals surface area contributed by atoms with E-state index in [4.69, 9.17) is 4.74 Å². The molecule has 1 N–H and O–H groups in total. The van der Waals surface area contributed by atoms with Crippen molar-refractivity contribution in [3.05, 3.63) is 95.7 Å². The topological polar surface area (TPSA) is 54.5 Å². The third kappa shape index (κ3) is 6.67. The van der Waals surface area contributed by atoms with Gasteiger partial charge in [0.05, 0.1) is 17.5 Å². The molecule has 4 rings (SSSR count). The van der Waals surface area contributed by atoms with Crippen LogP contribution in [0.2, 0.25) is 0 Å². The number of hydrogen-bond donors (Lipinski definition) is 1. The number of aryl methyl sites for hydroxylation is 1. The lowest BCUT2D eigenvalue weighted by atomic mass is 9.95. The number of aromatic nitrogens is 1. The molecule has 0 radical (unpaired) electrons. The summed E-state index contributed by atoms with van der Waals surface area (Å²) in [6.07, 6.45) is 4.69. The molecule has 0 spiro atoms. The van der Waals surface area contributed by atoms with Crippen molar-refractivity contribution in [2.24, 2.45) is 0 Å². The average Bonchev–Trinajstić information content (AvgIpc) is 2.95. The summed E-state index contributed by atoms with van der Waals surface area (Å²) >= 11 is 1.54. The number of nitrogens with one attached hydrogen (secondary N) is 1. The van der Waals surface area contributed by atoms with Crippen LogP contribution in [0.15, 0.2) is 83.9 Å². The highest BCUT2D eigenvalue weighted by Gasteiger charge is 2.17. The monoisotopic (exact) mass is 527 g/mol. The number of nitrogens with zero attached hydrogens (tertiary/aromatic N) is 2. The summed E-state index contributed by atoms with van der Waals surface area (Å²) in [6, 6.07) is 24.3. The molecule has 5 nitrogen and oxygen atoms in total. The number of hydrogen-bond acceptors (Lipinski definition) is 5. The van der Waals surface area contributed by atoms with Crippen LogP contribution in [-0.2, 0) is 0 Å². The number of benzene rings is 3. The van der Waals surface area contributed by atoms with Crippen LogP contribution in [0.5, 0.6) is 5.75 Å². The van der Waals surface area contributed by atoms with Crippen LogP contribution in [0.25, 0.3) is 10.9 Å². The number of ether oxygens (including phenoxy) is 1. The molecular formula is C32H37N3O2S. The van der Waals surface area contributed by atoms with Crippen LogP contribution in [-0.4, -0.2) is 36.0 Å². The second-order valence-electron chi connectivity index (χ2n) is 9.64. The molecule has 6 heteroatoms. The van der Waals surface area contributed by atoms with Gasteiger partial charge in [-0.05, 0) is 91.6 Å². The van der Waals surface area contributed by atoms with Crippen molar-refractivity contribution in [3.63, 3.8) is 0 Å². The Labute approximate surface area is 230 Å². The zero-order valence-electron chi connectivity index (χ0n) is 22.7. The number of fused-ring (bicyclic) bond motifs is 1. The fraction of sp³-hybridized carbons (Fsp3) is 0.312. The molecule has 0 bridgehead atoms. The van der Waals surface area contributed by atoms with Gasteiger partial charge in [0.15, 0.2) is 0 Å². The maximum Gasteiger partial charge on any atom is 0.253 e. The van der Waals surface area contributed by atoms with Gasteiger partial charge < -0.3 is 14.4 Å². The summed E-state index contributed by atoms with van der Waals surface area (Å²) < 4.78 is 8.99. The van der Waals surface area contributed by atoms with E-state index in [2.05, 4.69) is 53.9 Å². The van der Waals surface area contributed by atoms with Crippen molar-refractivity contribution < 1.29 is 9.53 Å². The normalized spacial score (nSPS) is 11.8. The fourth-order valence-corrected chi connectivity index (χ4v) is 5.63. The number of amides is 1. The third-order valence-corrected chi connectivity index (χ3v) is 7.73. The van der Waals surface area contributed by atoms with Crippen molar-refractivity contribution in [3.8, 4) is 5.75 Å². The largest absolute Gasteiger partial charge is 0.496 e. The lowest BCUT2D eigenvalue weighted by molar-refractivity contribution is 0.0752. The van der Waals surface area contributed by atoms with Gasteiger partial charge in [-0.2, -0.15) is 0 Å². The van der Waals surface area contributed by atoms with Gasteiger partial charge in [0.25, 0.3) is 5.91 Å². The number of para-hydroxylation sites is 2. The lowest BCUT2D eigenvalue weighted by Gasteiger charge is -2.24. The highest BCUT2D eigenvalue weighted by molar-refractivity contribution is 8.00. The first kappa shape index (κ1) is 27.5. The number of rotatable bonds is 12. The average molecular weight is 528 g/mol. The number of carbonyl (C=O) groups excluding carboxylic acids is 1. The molecule has 4 aromatic rings. The number of anilines is 1. The molecule has 0 saturated heterocycles. The minimum Gasteiger partial charge on any atom is -0.496 e. The molecule has 1 unspecified atom stereocenters. The van der Waals surface area contributed by atoms with E-state index < -0.39 is 0 Å². The van der Waals surface area contributed by atoms with E-state index in [1.54, 1.807) is 19.1 Å². The van der Waals surface area contributed by atoms with Gasteiger partial charge >= 0.3 is 0 Å². The van der Waals surface area contributed by atoms with Gasteiger partial charge in [0.2, 0.25) is 0 Å². The highest BCUT2D eigenvalue weighted by atomic mass is 32.2. The van der Waals surface area contributed by atoms with E-state index in [1.165, 1.54) is 5.56 Å². The Hall–Kier alpha value is -3.51. The minimum atomic E-state index is 0.0948. The van der Waals surface area contributed by atoms with Crippen LogP contribution < -0.4 is 9.46 Å². The van der Waals surface area contributed by atoms with E-state index in [1.807, 2.05) is 60.5 Å². The molecule has 1 heterocycles. The molecule has 1 amide bonds.